The average Bonchev–Trinajstić information content (AvgIpc) is 2.82. The number of β-amino-alcohol motifs (C(OH)–C–C–N with tert-alkyl or cyclic N) is 1. The van der Waals surface area contributed by atoms with Gasteiger partial charge < -0.3 is 14.7 Å². The molecule has 7 heteroatoms. The van der Waals surface area contributed by atoms with Crippen LogP contribution >= 0.6 is 0 Å². The Hall–Kier alpha value is -2.54. The highest BCUT2D eigenvalue weighted by atomic mass is 19.4. The molecule has 0 aliphatic heterocycles. The largest absolute Gasteiger partial charge is 0.496 e. The van der Waals surface area contributed by atoms with Crippen LogP contribution in [-0.2, 0) is 5.41 Å². The lowest BCUT2D eigenvalue weighted by Crippen LogP contribution is -2.58. The minimum atomic E-state index is -4.84. The van der Waals surface area contributed by atoms with Crippen molar-refractivity contribution in [3.63, 3.8) is 0 Å². The van der Waals surface area contributed by atoms with E-state index in [4.69, 9.17) is 4.74 Å². The van der Waals surface area contributed by atoms with E-state index >= 15 is 0 Å². The quantitative estimate of drug-likeness (QED) is 0.291. The van der Waals surface area contributed by atoms with Crippen molar-refractivity contribution in [2.24, 2.45) is 0 Å². The number of aliphatic hydroxyl groups is 1. The molecule has 0 amide bonds. The van der Waals surface area contributed by atoms with Crippen molar-refractivity contribution >= 4 is 0 Å². The van der Waals surface area contributed by atoms with E-state index in [0.29, 0.717) is 17.7 Å². The Kier molecular flexibility index (Phi) is 10.2. The molecule has 37 heavy (non-hydrogen) atoms. The molecule has 1 aromatic heterocycles. The Morgan fingerprint density at radius 1 is 1.03 bits per heavy atom. The third-order valence-electron chi connectivity index (χ3n) is 7.00. The molecular formula is C30H43F3N2O2. The molecule has 1 unspecified atom stereocenters. The first-order valence-corrected chi connectivity index (χ1v) is 13.0. The second-order valence-corrected chi connectivity index (χ2v) is 11.1. The van der Waals surface area contributed by atoms with E-state index in [0.717, 1.165) is 30.4 Å². The molecule has 2 aromatic rings. The zero-order chi connectivity index (χ0) is 27.9. The van der Waals surface area contributed by atoms with Gasteiger partial charge in [-0.05, 0) is 68.5 Å². The Morgan fingerprint density at radius 3 is 2.27 bits per heavy atom. The number of methoxy groups -OCH3 is 1. The predicted octanol–water partition coefficient (Wildman–Crippen LogP) is 7.91. The number of benzene rings is 1. The minimum absolute atomic E-state index is 0.480. The molecule has 206 valence electrons. The van der Waals surface area contributed by atoms with Crippen molar-refractivity contribution in [3.8, 4) is 16.9 Å². The van der Waals surface area contributed by atoms with Gasteiger partial charge in [0.2, 0.25) is 0 Å². The fraction of sp³-hybridized carbons (Fsp3) is 0.567. The fourth-order valence-corrected chi connectivity index (χ4v) is 4.90. The first kappa shape index (κ1) is 30.7. The summed E-state index contributed by atoms with van der Waals surface area (Å²) in [5.41, 5.74) is -2.31. The number of pyridine rings is 1. The van der Waals surface area contributed by atoms with Crippen LogP contribution in [0, 0.1) is 0 Å². The summed E-state index contributed by atoms with van der Waals surface area (Å²) in [6.45, 7) is 10.8. The summed E-state index contributed by atoms with van der Waals surface area (Å²) in [6.07, 6.45) is 4.79. The second kappa shape index (κ2) is 12.3. The van der Waals surface area contributed by atoms with Gasteiger partial charge in [-0.15, -0.1) is 0 Å². The third kappa shape index (κ3) is 7.73. The summed E-state index contributed by atoms with van der Waals surface area (Å²) in [5, 5.41) is 11.4. The number of nitrogens with zero attached hydrogens (tertiary/aromatic N) is 2. The molecule has 0 radical (unpaired) electrons. The molecule has 0 spiro atoms. The number of halogens is 3. The van der Waals surface area contributed by atoms with E-state index in [1.807, 2.05) is 58.0 Å². The zero-order valence-corrected chi connectivity index (χ0v) is 23.3. The van der Waals surface area contributed by atoms with E-state index in [2.05, 4.69) is 4.98 Å². The Labute approximate surface area is 220 Å². The van der Waals surface area contributed by atoms with E-state index in [-0.39, 0.29) is 0 Å². The molecule has 0 bridgehead atoms. The van der Waals surface area contributed by atoms with Crippen LogP contribution in [0.5, 0.6) is 5.75 Å². The maximum Gasteiger partial charge on any atom is 0.418 e. The van der Waals surface area contributed by atoms with Crippen molar-refractivity contribution in [1.29, 1.82) is 0 Å². The van der Waals surface area contributed by atoms with Gasteiger partial charge in [0.05, 0.1) is 13.7 Å². The highest BCUT2D eigenvalue weighted by Gasteiger charge is 2.57. The van der Waals surface area contributed by atoms with Gasteiger partial charge in [-0.3, -0.25) is 4.98 Å². The minimum Gasteiger partial charge on any atom is -0.496 e. The third-order valence-corrected chi connectivity index (χ3v) is 7.00. The van der Waals surface area contributed by atoms with Crippen LogP contribution in [0.15, 0.2) is 55.0 Å². The Bertz CT molecular complexity index is 1020. The van der Waals surface area contributed by atoms with Crippen molar-refractivity contribution in [1.82, 2.24) is 9.88 Å². The van der Waals surface area contributed by atoms with Crippen LogP contribution in [0.3, 0.4) is 0 Å². The first-order chi connectivity index (χ1) is 17.2. The Morgan fingerprint density at radius 2 is 1.73 bits per heavy atom. The van der Waals surface area contributed by atoms with Gasteiger partial charge in [0.15, 0.2) is 5.60 Å². The predicted molar refractivity (Wildman–Crippen MR) is 145 cm³/mol. The van der Waals surface area contributed by atoms with Gasteiger partial charge in [0.25, 0.3) is 0 Å². The van der Waals surface area contributed by atoms with Crippen LogP contribution < -0.4 is 4.74 Å². The van der Waals surface area contributed by atoms with Gasteiger partial charge in [-0.2, -0.15) is 13.2 Å². The lowest BCUT2D eigenvalue weighted by atomic mass is 9.73. The summed E-state index contributed by atoms with van der Waals surface area (Å²) in [4.78, 5) is 5.82. The molecular weight excluding hydrogens is 477 g/mol. The van der Waals surface area contributed by atoms with Crippen molar-refractivity contribution in [2.75, 3.05) is 13.7 Å². The lowest BCUT2D eigenvalue weighted by Gasteiger charge is -2.46. The van der Waals surface area contributed by atoms with Crippen molar-refractivity contribution < 1.29 is 23.0 Å². The van der Waals surface area contributed by atoms with Crippen LogP contribution in [0.4, 0.5) is 13.2 Å². The van der Waals surface area contributed by atoms with E-state index in [9.17, 15) is 18.3 Å². The van der Waals surface area contributed by atoms with Crippen LogP contribution in [0.1, 0.15) is 79.2 Å². The van der Waals surface area contributed by atoms with E-state index in [1.165, 1.54) is 7.11 Å². The number of hydrogen-bond acceptors (Lipinski definition) is 4. The van der Waals surface area contributed by atoms with Crippen LogP contribution in [0.2, 0.25) is 0 Å². The SMILES string of the molecule is CCC/C=C\N(CC(O)(CC(C)(C)c1cc(-c2cccnc2)ccc1OC)C(F)(F)F)C(C)(C)CCC. The summed E-state index contributed by atoms with van der Waals surface area (Å²) in [5.74, 6) is 0.480. The molecule has 0 saturated heterocycles. The van der Waals surface area contributed by atoms with E-state index < -0.39 is 35.7 Å². The summed E-state index contributed by atoms with van der Waals surface area (Å²) in [7, 11) is 1.50. The maximum absolute atomic E-state index is 14.7. The number of aromatic nitrogens is 1. The molecule has 0 fully saturated rings. The monoisotopic (exact) mass is 520 g/mol. The second-order valence-electron chi connectivity index (χ2n) is 11.1. The topological polar surface area (TPSA) is 45.6 Å². The van der Waals surface area contributed by atoms with Crippen LogP contribution in [0.25, 0.3) is 11.1 Å². The normalized spacial score (nSPS) is 14.6. The smallest absolute Gasteiger partial charge is 0.418 e. The molecule has 1 aromatic carbocycles. The molecule has 0 aliphatic rings. The molecule has 4 nitrogen and oxygen atoms in total. The zero-order valence-electron chi connectivity index (χ0n) is 23.3. The van der Waals surface area contributed by atoms with Gasteiger partial charge in [0.1, 0.15) is 5.75 Å². The fourth-order valence-electron chi connectivity index (χ4n) is 4.90. The molecule has 1 N–H and O–H groups in total. The van der Waals surface area contributed by atoms with E-state index in [1.54, 1.807) is 43.4 Å². The van der Waals surface area contributed by atoms with Gasteiger partial charge in [0, 0.05) is 29.1 Å². The molecule has 1 heterocycles. The standard InChI is InChI=1S/C30H43F3N2O2/c1-8-10-11-18-35(28(5,6)16-9-2)22-29(36,30(31,32)33)21-27(3,4)25-19-23(14-15-26(25)37-7)24-13-12-17-34-20-24/h11-15,17-20,36H,8-10,16,21-22H2,1-7H3/b18-11-. The summed E-state index contributed by atoms with van der Waals surface area (Å²) < 4.78 is 49.5. The van der Waals surface area contributed by atoms with Crippen molar-refractivity contribution in [3.05, 3.63) is 60.6 Å². The summed E-state index contributed by atoms with van der Waals surface area (Å²) in [6, 6.07) is 9.17. The lowest BCUT2D eigenvalue weighted by molar-refractivity contribution is -0.272. The number of allylic oxidation sites excluding steroid dienone is 1. The Balaban J connectivity index is 2.54. The maximum atomic E-state index is 14.7. The van der Waals surface area contributed by atoms with Crippen LogP contribution in [-0.4, -0.2) is 46.0 Å². The number of alkyl halides is 3. The molecule has 0 aliphatic carbocycles. The van der Waals surface area contributed by atoms with Gasteiger partial charge in [-0.1, -0.05) is 58.7 Å². The van der Waals surface area contributed by atoms with Gasteiger partial charge >= 0.3 is 6.18 Å². The average molecular weight is 521 g/mol. The highest BCUT2D eigenvalue weighted by Crippen LogP contribution is 2.45. The molecule has 2 rings (SSSR count). The summed E-state index contributed by atoms with van der Waals surface area (Å²) >= 11 is 0. The first-order valence-electron chi connectivity index (χ1n) is 13.0. The molecule has 1 atom stereocenters. The number of unbranched alkanes of at least 4 members (excludes halogenated alkanes) is 1. The highest BCUT2D eigenvalue weighted by molar-refractivity contribution is 5.65. The molecule has 0 saturated carbocycles. The number of hydrogen-bond donors (Lipinski definition) is 1. The number of rotatable bonds is 13. The van der Waals surface area contributed by atoms with Gasteiger partial charge in [-0.25, -0.2) is 0 Å². The van der Waals surface area contributed by atoms with Crippen molar-refractivity contribution in [2.45, 2.75) is 96.4 Å². The number of ether oxygens (including phenoxy) is 1.